The maximum Gasteiger partial charge on any atom is 0.104 e. The summed E-state index contributed by atoms with van der Waals surface area (Å²) in [5.41, 5.74) is 24.7. The first-order valence-electron chi connectivity index (χ1n) is 34.2. The van der Waals surface area contributed by atoms with Gasteiger partial charge in [0, 0.05) is 49.8 Å². The van der Waals surface area contributed by atoms with Gasteiger partial charge in [0.25, 0.3) is 0 Å². The largest absolute Gasteiger partial charge is 0.330 e. The summed E-state index contributed by atoms with van der Waals surface area (Å²) in [4.78, 5) is 2.62. The number of anilines is 2. The van der Waals surface area contributed by atoms with E-state index in [1.165, 1.54) is 88.3 Å². The van der Waals surface area contributed by atoms with Crippen LogP contribution in [0.4, 0.5) is 11.4 Å². The van der Waals surface area contributed by atoms with E-state index in [1.54, 1.807) is 0 Å². The fraction of sp³-hybridized carbons (Fsp3) is 0.414. The van der Waals surface area contributed by atoms with Gasteiger partial charge < -0.3 is 18.6 Å². The van der Waals surface area contributed by atoms with Crippen LogP contribution in [0.3, 0.4) is 0 Å². The highest BCUT2D eigenvalue weighted by atomic mass is 15.2. The van der Waals surface area contributed by atoms with Gasteiger partial charge in [-0.3, -0.25) is 0 Å². The van der Waals surface area contributed by atoms with Gasteiger partial charge in [0.05, 0.1) is 56.4 Å². The topological polar surface area (TPSA) is 41.8 Å². The third-order valence-electron chi connectivity index (χ3n) is 21.0. The molecule has 1 aliphatic heterocycles. The van der Waals surface area contributed by atoms with Crippen molar-refractivity contribution >= 4 is 72.0 Å². The van der Waals surface area contributed by atoms with E-state index < -0.39 is 0 Å². The van der Waals surface area contributed by atoms with Crippen LogP contribution < -0.4 is 4.90 Å². The van der Waals surface area contributed by atoms with E-state index in [4.69, 9.17) is 0 Å². The molecule has 3 aliphatic rings. The lowest BCUT2D eigenvalue weighted by Gasteiger charge is -2.35. The maximum absolute atomic E-state index is 13.3. The molecule has 5 heteroatoms. The molecule has 0 saturated heterocycles. The lowest BCUT2D eigenvalue weighted by atomic mass is 9.77. The number of aromatic nitrogens is 3. The van der Waals surface area contributed by atoms with E-state index in [-0.39, 0.29) is 55.3 Å². The number of nitrogens with zero attached hydrogens (tertiary/aromatic N) is 5. The third-order valence-corrected chi connectivity index (χ3v) is 21.0. The van der Waals surface area contributed by atoms with Crippen molar-refractivity contribution < 1.29 is 0 Å². The van der Waals surface area contributed by atoms with Gasteiger partial charge in [0.1, 0.15) is 11.6 Å². The molecular weight excluding hydrogens is 1110 g/mol. The van der Waals surface area contributed by atoms with Crippen molar-refractivity contribution in [2.75, 3.05) is 4.90 Å². The third kappa shape index (κ3) is 10.2. The molecule has 2 atom stereocenters. The summed E-state index contributed by atoms with van der Waals surface area (Å²) in [6.07, 6.45) is 11.8. The molecule has 0 bridgehead atoms. The highest BCUT2D eigenvalue weighted by molar-refractivity contribution is 6.13. The summed E-state index contributed by atoms with van der Waals surface area (Å²) in [6.45, 7) is 56.0. The quantitative estimate of drug-likeness (QED) is 0.176. The number of nitriles is 1. The van der Waals surface area contributed by atoms with Crippen molar-refractivity contribution in [2.24, 2.45) is 10.8 Å². The molecule has 0 saturated carbocycles. The zero-order valence-corrected chi connectivity index (χ0v) is 60.1. The number of benzene rings is 7. The molecule has 2 unspecified atom stereocenters. The van der Waals surface area contributed by atoms with Gasteiger partial charge in [-0.2, -0.15) is 5.26 Å². The van der Waals surface area contributed by atoms with E-state index in [2.05, 4.69) is 330 Å². The van der Waals surface area contributed by atoms with Crippen LogP contribution in [0.15, 0.2) is 145 Å². The standard InChI is InChI=1S/C87H101N5/c1-80(2,3)51-25-33-68-59(41-51)60-42-52(81(4,5)6)26-34-69(60)89(68)76-49-77(90-70-35-27-53(82(7,8)9)43-61(70)62-44-54(83(10,11)12)28-36-71(62)90)79(92-74-39-31-57(86(19,20)21)47-65(74)66-48-58(87(22,23)24)32-40-75(66)92)67(50-88)78(76)91-72-37-29-55(84(13,14)15)45-63(72)64-46-56(85(16,17)18)30-38-73(64)91/h25-27,29-35,37-49,63,72H,28,36H2,1-24H3. The molecule has 0 fully saturated rings. The van der Waals surface area contributed by atoms with Crippen LogP contribution >= 0.6 is 0 Å². The normalized spacial score (nSPS) is 16.9. The minimum atomic E-state index is -0.150. The van der Waals surface area contributed by atoms with Crippen LogP contribution in [-0.4, -0.2) is 19.7 Å². The first-order valence-corrected chi connectivity index (χ1v) is 34.2. The summed E-state index contributed by atoms with van der Waals surface area (Å²) in [5, 5.41) is 19.4. The number of allylic oxidation sites excluding steroid dienone is 3. The number of rotatable bonds is 4. The minimum absolute atomic E-state index is 0.0111. The second kappa shape index (κ2) is 20.6. The van der Waals surface area contributed by atoms with Crippen LogP contribution in [0, 0.1) is 22.2 Å². The maximum atomic E-state index is 13.3. The molecule has 7 aromatic carbocycles. The minimum Gasteiger partial charge on any atom is -0.330 e. The Hall–Kier alpha value is -7.81. The van der Waals surface area contributed by atoms with Crippen LogP contribution in [0.5, 0.6) is 0 Å². The molecule has 3 aromatic heterocycles. The van der Waals surface area contributed by atoms with Gasteiger partial charge in [-0.05, 0) is 173 Å². The lowest BCUT2D eigenvalue weighted by Crippen LogP contribution is -2.32. The van der Waals surface area contributed by atoms with Crippen molar-refractivity contribution in [1.29, 1.82) is 5.26 Å². The number of hydrogen-bond donors (Lipinski definition) is 0. The van der Waals surface area contributed by atoms with Gasteiger partial charge in [-0.15, -0.1) is 0 Å². The van der Waals surface area contributed by atoms with Crippen molar-refractivity contribution in [3.05, 3.63) is 200 Å². The molecule has 4 heterocycles. The highest BCUT2D eigenvalue weighted by Crippen LogP contribution is 2.57. The Kier molecular flexibility index (Phi) is 14.1. The van der Waals surface area contributed by atoms with E-state index in [9.17, 15) is 5.26 Å². The predicted molar refractivity (Wildman–Crippen MR) is 396 cm³/mol. The number of fused-ring (bicyclic) bond motifs is 12. The van der Waals surface area contributed by atoms with E-state index in [1.807, 2.05) is 0 Å². The molecule has 13 rings (SSSR count). The average Bonchev–Trinajstić information content (AvgIpc) is 1.50. The number of hydrogen-bond acceptors (Lipinski definition) is 2. The average molecular weight is 1220 g/mol. The smallest absolute Gasteiger partial charge is 0.104 e. The SMILES string of the molecule is CC(C)(C)C1=CC2c3cc(C(C)(C)C)ccc3N(c3c(-n4c5ccc(C(C)(C)C)cc5c5cc(C(C)(C)C)ccc54)cc(-n4c5c(c6cc(C(C)(C)C)ccc64)C=C(C(C)(C)C)CC5)c(-n4c5ccc(C(C)(C)C)cc5c5cc(C(C)(C)C)ccc54)c3C#N)C2C=C1. The molecule has 0 spiro atoms. The summed E-state index contributed by atoms with van der Waals surface area (Å²) < 4.78 is 7.71. The van der Waals surface area contributed by atoms with Crippen molar-refractivity contribution in [1.82, 2.24) is 13.7 Å². The van der Waals surface area contributed by atoms with Gasteiger partial charge >= 0.3 is 0 Å². The second-order valence-corrected chi connectivity index (χ2v) is 35.9. The zero-order chi connectivity index (χ0) is 66.4. The highest BCUT2D eigenvalue weighted by Gasteiger charge is 2.44. The summed E-state index contributed by atoms with van der Waals surface area (Å²) in [6, 6.07) is 48.9. The zero-order valence-electron chi connectivity index (χ0n) is 60.1. The Balaban J connectivity index is 1.30. The molecule has 2 aliphatic carbocycles. The molecule has 92 heavy (non-hydrogen) atoms. The Bertz CT molecular complexity index is 4740. The lowest BCUT2D eigenvalue weighted by molar-refractivity contribution is 0.483. The second-order valence-electron chi connectivity index (χ2n) is 35.9. The molecule has 10 aromatic rings. The van der Waals surface area contributed by atoms with Crippen molar-refractivity contribution in [2.45, 2.75) is 223 Å². The Morgan fingerprint density at radius 3 is 1.18 bits per heavy atom. The molecule has 474 valence electrons. The van der Waals surface area contributed by atoms with E-state index in [0.29, 0.717) is 5.56 Å². The predicted octanol–water partition coefficient (Wildman–Crippen LogP) is 24.0. The van der Waals surface area contributed by atoms with Crippen LogP contribution in [0.1, 0.15) is 234 Å². The summed E-state index contributed by atoms with van der Waals surface area (Å²) in [5.74, 6) is 0.0111. The fourth-order valence-electron chi connectivity index (χ4n) is 15.2. The van der Waals surface area contributed by atoms with Crippen LogP contribution in [-0.2, 0) is 38.9 Å². The Labute approximate surface area is 550 Å². The summed E-state index contributed by atoms with van der Waals surface area (Å²) in [7, 11) is 0. The molecule has 0 radical (unpaired) electrons. The molecule has 5 nitrogen and oxygen atoms in total. The van der Waals surface area contributed by atoms with Gasteiger partial charge in [-0.1, -0.05) is 239 Å². The Morgan fingerprint density at radius 1 is 0.380 bits per heavy atom. The van der Waals surface area contributed by atoms with Crippen molar-refractivity contribution in [3.63, 3.8) is 0 Å². The van der Waals surface area contributed by atoms with Gasteiger partial charge in [0.2, 0.25) is 0 Å². The fourth-order valence-corrected chi connectivity index (χ4v) is 15.2. The monoisotopic (exact) mass is 1220 g/mol. The first kappa shape index (κ1) is 63.0. The van der Waals surface area contributed by atoms with Gasteiger partial charge in [0.15, 0.2) is 0 Å². The van der Waals surface area contributed by atoms with E-state index in [0.717, 1.165) is 68.9 Å². The molecule has 0 amide bonds. The van der Waals surface area contributed by atoms with E-state index >= 15 is 0 Å². The van der Waals surface area contributed by atoms with Gasteiger partial charge in [-0.25, -0.2) is 0 Å². The van der Waals surface area contributed by atoms with Crippen LogP contribution in [0.25, 0.3) is 77.7 Å². The molecular formula is C87H101N5. The van der Waals surface area contributed by atoms with Crippen LogP contribution in [0.2, 0.25) is 0 Å². The summed E-state index contributed by atoms with van der Waals surface area (Å²) >= 11 is 0. The Morgan fingerprint density at radius 2 is 0.772 bits per heavy atom. The first-order chi connectivity index (χ1) is 42.6. The molecule has 0 N–H and O–H groups in total. The van der Waals surface area contributed by atoms with Crippen molar-refractivity contribution in [3.8, 4) is 23.1 Å².